The molecule has 2 aromatic carbocycles. The van der Waals surface area contributed by atoms with Gasteiger partial charge in [0.15, 0.2) is 0 Å². The van der Waals surface area contributed by atoms with Crippen LogP contribution in [-0.4, -0.2) is 4.92 Å². The fourth-order valence-electron chi connectivity index (χ4n) is 1.92. The van der Waals surface area contributed by atoms with Gasteiger partial charge in [-0.15, -0.1) is 0 Å². The lowest BCUT2D eigenvalue weighted by atomic mass is 9.87. The Balaban J connectivity index is 2.19. The van der Waals surface area contributed by atoms with E-state index in [9.17, 15) is 10.1 Å². The molecule has 0 amide bonds. The third-order valence-corrected chi connectivity index (χ3v) is 4.15. The van der Waals surface area contributed by atoms with Crippen LogP contribution >= 0.6 is 11.8 Å². The minimum Gasteiger partial charge on any atom is -0.393 e. The average molecular weight is 302 g/mol. The van der Waals surface area contributed by atoms with Crippen LogP contribution in [0.5, 0.6) is 0 Å². The number of anilines is 1. The molecule has 21 heavy (non-hydrogen) atoms. The third-order valence-electron chi connectivity index (χ3n) is 3.15. The Kier molecular flexibility index (Phi) is 4.23. The molecule has 0 unspecified atom stereocenters. The lowest BCUT2D eigenvalue weighted by molar-refractivity contribution is -0.383. The van der Waals surface area contributed by atoms with Crippen molar-refractivity contribution in [3.8, 4) is 0 Å². The number of nitro groups is 1. The summed E-state index contributed by atoms with van der Waals surface area (Å²) in [6.45, 7) is 6.52. The van der Waals surface area contributed by atoms with Gasteiger partial charge in [-0.05, 0) is 35.2 Å². The highest BCUT2D eigenvalue weighted by atomic mass is 32.2. The topological polar surface area (TPSA) is 69.2 Å². The molecule has 0 spiro atoms. The smallest absolute Gasteiger partial charge is 0.292 e. The monoisotopic (exact) mass is 302 g/mol. The van der Waals surface area contributed by atoms with Gasteiger partial charge >= 0.3 is 0 Å². The van der Waals surface area contributed by atoms with Crippen molar-refractivity contribution in [1.29, 1.82) is 0 Å². The molecule has 0 aliphatic rings. The van der Waals surface area contributed by atoms with Crippen molar-refractivity contribution >= 4 is 23.1 Å². The zero-order chi connectivity index (χ0) is 15.6. The highest BCUT2D eigenvalue weighted by Gasteiger charge is 2.14. The summed E-state index contributed by atoms with van der Waals surface area (Å²) in [6, 6.07) is 13.1. The molecule has 110 valence electrons. The minimum absolute atomic E-state index is 0.0533. The molecule has 0 aliphatic heterocycles. The number of nitrogen functional groups attached to an aromatic ring is 1. The molecular weight excluding hydrogens is 284 g/mol. The Bertz CT molecular complexity index is 661. The van der Waals surface area contributed by atoms with Crippen LogP contribution in [0.25, 0.3) is 0 Å². The van der Waals surface area contributed by atoms with E-state index in [4.69, 9.17) is 5.73 Å². The number of hydrogen-bond acceptors (Lipinski definition) is 4. The first kappa shape index (κ1) is 15.4. The lowest BCUT2D eigenvalue weighted by Gasteiger charge is -2.19. The lowest BCUT2D eigenvalue weighted by Crippen LogP contribution is -2.10. The molecule has 0 fully saturated rings. The summed E-state index contributed by atoms with van der Waals surface area (Å²) in [5.74, 6) is 0. The molecule has 0 atom stereocenters. The van der Waals surface area contributed by atoms with E-state index in [0.29, 0.717) is 0 Å². The van der Waals surface area contributed by atoms with Gasteiger partial charge in [0.1, 0.15) is 5.69 Å². The number of nitrogens with zero attached hydrogens (tertiary/aromatic N) is 1. The Labute approximate surface area is 128 Å². The summed E-state index contributed by atoms with van der Waals surface area (Å²) in [4.78, 5) is 12.2. The number of nitrogens with two attached hydrogens (primary N) is 1. The Hall–Kier alpha value is -2.01. The number of benzene rings is 2. The molecule has 0 heterocycles. The van der Waals surface area contributed by atoms with Gasteiger partial charge < -0.3 is 5.73 Å². The fourth-order valence-corrected chi connectivity index (χ4v) is 2.79. The number of nitro benzene ring substituents is 1. The Morgan fingerprint density at radius 3 is 2.10 bits per heavy atom. The molecule has 2 N–H and O–H groups in total. The first-order chi connectivity index (χ1) is 9.77. The van der Waals surface area contributed by atoms with E-state index in [0.717, 1.165) is 9.79 Å². The molecule has 0 aliphatic carbocycles. The van der Waals surface area contributed by atoms with Gasteiger partial charge in [0.25, 0.3) is 5.69 Å². The summed E-state index contributed by atoms with van der Waals surface area (Å²) in [5.41, 5.74) is 7.24. The van der Waals surface area contributed by atoms with Crippen LogP contribution in [0.15, 0.2) is 52.3 Å². The van der Waals surface area contributed by atoms with E-state index in [2.05, 4.69) is 45.0 Å². The van der Waals surface area contributed by atoms with Crippen molar-refractivity contribution in [2.45, 2.75) is 36.0 Å². The van der Waals surface area contributed by atoms with Gasteiger partial charge in [-0.3, -0.25) is 10.1 Å². The molecular formula is C16H18N2O2S. The van der Waals surface area contributed by atoms with Crippen LogP contribution in [-0.2, 0) is 5.41 Å². The summed E-state index contributed by atoms with van der Waals surface area (Å²) in [5, 5.41) is 10.7. The van der Waals surface area contributed by atoms with Gasteiger partial charge in [-0.2, -0.15) is 0 Å². The van der Waals surface area contributed by atoms with E-state index in [1.807, 2.05) is 0 Å². The highest BCUT2D eigenvalue weighted by Crippen LogP contribution is 2.33. The summed E-state index contributed by atoms with van der Waals surface area (Å²) < 4.78 is 0. The molecule has 0 saturated heterocycles. The molecule has 0 radical (unpaired) electrons. The van der Waals surface area contributed by atoms with E-state index in [-0.39, 0.29) is 16.8 Å². The van der Waals surface area contributed by atoms with Crippen LogP contribution in [0.3, 0.4) is 0 Å². The largest absolute Gasteiger partial charge is 0.393 e. The zero-order valence-electron chi connectivity index (χ0n) is 12.3. The third kappa shape index (κ3) is 3.76. The van der Waals surface area contributed by atoms with Crippen LogP contribution in [0.4, 0.5) is 11.4 Å². The van der Waals surface area contributed by atoms with E-state index in [1.165, 1.54) is 23.4 Å². The van der Waals surface area contributed by atoms with Crippen molar-refractivity contribution in [1.82, 2.24) is 0 Å². The predicted octanol–water partition coefficient (Wildman–Crippen LogP) is 4.63. The second kappa shape index (κ2) is 5.77. The van der Waals surface area contributed by atoms with E-state index in [1.54, 1.807) is 12.1 Å². The van der Waals surface area contributed by atoms with Gasteiger partial charge in [0.2, 0.25) is 0 Å². The van der Waals surface area contributed by atoms with Crippen LogP contribution < -0.4 is 5.73 Å². The van der Waals surface area contributed by atoms with Crippen molar-refractivity contribution in [3.05, 3.63) is 58.1 Å². The summed E-state index contributed by atoms with van der Waals surface area (Å²) >= 11 is 1.54. The predicted molar refractivity (Wildman–Crippen MR) is 86.8 cm³/mol. The van der Waals surface area contributed by atoms with Gasteiger partial charge in [-0.25, -0.2) is 0 Å². The standard InChI is InChI=1S/C16H18N2O2S/c1-16(2,3)11-4-6-12(7-5-11)21-13-8-9-15(18(19)20)14(17)10-13/h4-10H,17H2,1-3H3. The van der Waals surface area contributed by atoms with Crippen molar-refractivity contribution in [2.24, 2.45) is 0 Å². The van der Waals surface area contributed by atoms with E-state index >= 15 is 0 Å². The Morgan fingerprint density at radius 1 is 1.05 bits per heavy atom. The summed E-state index contributed by atoms with van der Waals surface area (Å²) in [6.07, 6.45) is 0. The van der Waals surface area contributed by atoms with Crippen molar-refractivity contribution in [3.63, 3.8) is 0 Å². The molecule has 2 aromatic rings. The van der Waals surface area contributed by atoms with Crippen LogP contribution in [0.2, 0.25) is 0 Å². The Morgan fingerprint density at radius 2 is 1.62 bits per heavy atom. The fraction of sp³-hybridized carbons (Fsp3) is 0.250. The molecule has 4 nitrogen and oxygen atoms in total. The molecule has 0 bridgehead atoms. The maximum absolute atomic E-state index is 10.7. The normalized spacial score (nSPS) is 11.4. The summed E-state index contributed by atoms with van der Waals surface area (Å²) in [7, 11) is 0. The van der Waals surface area contributed by atoms with Crippen LogP contribution in [0.1, 0.15) is 26.3 Å². The molecule has 5 heteroatoms. The maximum Gasteiger partial charge on any atom is 0.292 e. The molecule has 0 saturated carbocycles. The van der Waals surface area contributed by atoms with Gasteiger partial charge in [0, 0.05) is 15.9 Å². The van der Waals surface area contributed by atoms with Crippen molar-refractivity contribution < 1.29 is 4.92 Å². The van der Waals surface area contributed by atoms with Gasteiger partial charge in [0.05, 0.1) is 4.92 Å². The van der Waals surface area contributed by atoms with Gasteiger partial charge in [-0.1, -0.05) is 44.7 Å². The zero-order valence-corrected chi connectivity index (χ0v) is 13.1. The quantitative estimate of drug-likeness (QED) is 0.510. The van der Waals surface area contributed by atoms with Crippen molar-refractivity contribution in [2.75, 3.05) is 5.73 Å². The number of hydrogen-bond donors (Lipinski definition) is 1. The SMILES string of the molecule is CC(C)(C)c1ccc(Sc2ccc([N+](=O)[O-])c(N)c2)cc1. The minimum atomic E-state index is -0.470. The molecule has 2 rings (SSSR count). The highest BCUT2D eigenvalue weighted by molar-refractivity contribution is 7.99. The first-order valence-corrected chi connectivity index (χ1v) is 7.41. The number of rotatable bonds is 3. The average Bonchev–Trinajstić information content (AvgIpc) is 2.38. The first-order valence-electron chi connectivity index (χ1n) is 6.60. The second-order valence-corrected chi connectivity index (χ2v) is 7.00. The van der Waals surface area contributed by atoms with E-state index < -0.39 is 4.92 Å². The molecule has 0 aromatic heterocycles. The maximum atomic E-state index is 10.7. The second-order valence-electron chi connectivity index (χ2n) is 5.85. The van der Waals surface area contributed by atoms with Crippen LogP contribution in [0, 0.1) is 10.1 Å².